The van der Waals surface area contributed by atoms with Crippen molar-refractivity contribution in [3.05, 3.63) is 59.7 Å². The third-order valence-corrected chi connectivity index (χ3v) is 5.52. The number of carbonyl (C=O) groups excluding carboxylic acids is 1. The number of primary amides is 1. The second-order valence-corrected chi connectivity index (χ2v) is 7.35. The fourth-order valence-electron chi connectivity index (χ4n) is 2.60. The summed E-state index contributed by atoms with van der Waals surface area (Å²) in [4.78, 5) is 13.5. The third-order valence-electron chi connectivity index (χ3n) is 3.78. The van der Waals surface area contributed by atoms with Gasteiger partial charge in [0.15, 0.2) is 9.84 Å². The lowest BCUT2D eigenvalue weighted by atomic mass is 10.1. The van der Waals surface area contributed by atoms with Crippen LogP contribution < -0.4 is 10.6 Å². The molecule has 0 saturated heterocycles. The van der Waals surface area contributed by atoms with Gasteiger partial charge >= 0.3 is 0 Å². The van der Waals surface area contributed by atoms with Gasteiger partial charge in [0.25, 0.3) is 0 Å². The first-order valence-electron chi connectivity index (χ1n) is 6.93. The summed E-state index contributed by atoms with van der Waals surface area (Å²) in [6.45, 7) is 1.04. The molecule has 2 N–H and O–H groups in total. The van der Waals surface area contributed by atoms with Crippen LogP contribution in [0.5, 0.6) is 0 Å². The van der Waals surface area contributed by atoms with Gasteiger partial charge in [-0.25, -0.2) is 8.42 Å². The van der Waals surface area contributed by atoms with E-state index in [1.807, 2.05) is 29.2 Å². The highest BCUT2D eigenvalue weighted by Gasteiger charge is 2.27. The minimum absolute atomic E-state index is 0.114. The van der Waals surface area contributed by atoms with Crippen LogP contribution in [0.3, 0.4) is 0 Å². The van der Waals surface area contributed by atoms with E-state index in [2.05, 4.69) is 0 Å². The Hall–Kier alpha value is -2.34. The van der Waals surface area contributed by atoms with E-state index in [0.717, 1.165) is 11.3 Å². The molecule has 0 aromatic heterocycles. The Bertz CT molecular complexity index is 814. The van der Waals surface area contributed by atoms with Crippen molar-refractivity contribution in [2.24, 2.45) is 5.73 Å². The second-order valence-electron chi connectivity index (χ2n) is 5.27. The van der Waals surface area contributed by atoms with E-state index in [9.17, 15) is 13.2 Å². The van der Waals surface area contributed by atoms with Crippen LogP contribution in [0.2, 0.25) is 0 Å². The summed E-state index contributed by atoms with van der Waals surface area (Å²) in [5, 5.41) is 0. The number of hydrogen-bond acceptors (Lipinski definition) is 4. The van der Waals surface area contributed by atoms with Gasteiger partial charge in [-0.2, -0.15) is 0 Å². The second kappa shape index (κ2) is 5.46. The maximum Gasteiger partial charge on any atom is 0.248 e. The maximum atomic E-state index is 12.1. The summed E-state index contributed by atoms with van der Waals surface area (Å²) >= 11 is 0. The highest BCUT2D eigenvalue weighted by molar-refractivity contribution is 7.91. The number of para-hydroxylation sites is 1. The minimum Gasteiger partial charge on any atom is -0.366 e. The molecule has 0 spiro atoms. The number of nitrogens with two attached hydrogens (primary N) is 1. The van der Waals surface area contributed by atoms with Gasteiger partial charge in [-0.05, 0) is 29.8 Å². The van der Waals surface area contributed by atoms with Crippen molar-refractivity contribution >= 4 is 21.4 Å². The van der Waals surface area contributed by atoms with Gasteiger partial charge in [0.2, 0.25) is 5.91 Å². The highest BCUT2D eigenvalue weighted by Crippen LogP contribution is 2.31. The number of anilines is 1. The monoisotopic (exact) mass is 316 g/mol. The first kappa shape index (κ1) is 14.6. The normalized spacial score (nSPS) is 16.1. The molecule has 114 valence electrons. The van der Waals surface area contributed by atoms with Gasteiger partial charge in [-0.1, -0.05) is 24.3 Å². The van der Waals surface area contributed by atoms with Gasteiger partial charge in [0.05, 0.1) is 16.3 Å². The first-order chi connectivity index (χ1) is 10.5. The zero-order chi connectivity index (χ0) is 15.7. The first-order valence-corrected chi connectivity index (χ1v) is 8.58. The highest BCUT2D eigenvalue weighted by atomic mass is 32.2. The van der Waals surface area contributed by atoms with Crippen LogP contribution >= 0.6 is 0 Å². The standard InChI is InChI=1S/C16H16N2O3S/c17-16(19)13-7-5-12(6-8-13)11-18-9-10-22(20,21)15-4-2-1-3-14(15)18/h1-8H,9-11H2,(H2,17,19). The molecule has 0 saturated carbocycles. The Kier molecular flexibility index (Phi) is 3.62. The van der Waals surface area contributed by atoms with Crippen molar-refractivity contribution in [1.29, 1.82) is 0 Å². The van der Waals surface area contributed by atoms with Crippen molar-refractivity contribution < 1.29 is 13.2 Å². The Labute approximate surface area is 129 Å². The van der Waals surface area contributed by atoms with E-state index < -0.39 is 15.7 Å². The number of carbonyl (C=O) groups is 1. The van der Waals surface area contributed by atoms with Crippen LogP contribution in [0.25, 0.3) is 0 Å². The average Bonchev–Trinajstić information content (AvgIpc) is 2.51. The molecule has 0 aliphatic carbocycles. The van der Waals surface area contributed by atoms with Gasteiger partial charge in [0.1, 0.15) is 0 Å². The predicted molar refractivity (Wildman–Crippen MR) is 84.5 cm³/mol. The summed E-state index contributed by atoms with van der Waals surface area (Å²) in [5.74, 6) is -0.343. The smallest absolute Gasteiger partial charge is 0.248 e. The van der Waals surface area contributed by atoms with Crippen LogP contribution in [0, 0.1) is 0 Å². The van der Waals surface area contributed by atoms with Crippen molar-refractivity contribution in [1.82, 2.24) is 0 Å². The lowest BCUT2D eigenvalue weighted by Crippen LogP contribution is -2.34. The van der Waals surface area contributed by atoms with Crippen LogP contribution in [0.15, 0.2) is 53.4 Å². The molecule has 0 radical (unpaired) electrons. The molecule has 0 fully saturated rings. The number of sulfone groups is 1. The largest absolute Gasteiger partial charge is 0.366 e. The van der Waals surface area contributed by atoms with Gasteiger partial charge in [-0.3, -0.25) is 4.79 Å². The molecule has 0 bridgehead atoms. The summed E-state index contributed by atoms with van der Waals surface area (Å²) in [5.41, 5.74) is 7.42. The summed E-state index contributed by atoms with van der Waals surface area (Å²) in [7, 11) is -3.19. The average molecular weight is 316 g/mol. The third kappa shape index (κ3) is 2.69. The fourth-order valence-corrected chi connectivity index (χ4v) is 4.08. The number of fused-ring (bicyclic) bond motifs is 1. The molecule has 1 aliphatic rings. The topological polar surface area (TPSA) is 80.5 Å². The van der Waals surface area contributed by atoms with E-state index in [4.69, 9.17) is 5.73 Å². The molecule has 0 atom stereocenters. The molecule has 0 unspecified atom stereocenters. The molecule has 6 heteroatoms. The molecule has 2 aromatic rings. The fraction of sp³-hybridized carbons (Fsp3) is 0.188. The van der Waals surface area contributed by atoms with Crippen molar-refractivity contribution in [3.63, 3.8) is 0 Å². The zero-order valence-electron chi connectivity index (χ0n) is 11.9. The molecule has 2 aromatic carbocycles. The molecular formula is C16H16N2O3S. The van der Waals surface area contributed by atoms with Gasteiger partial charge in [-0.15, -0.1) is 0 Å². The van der Waals surface area contributed by atoms with E-state index in [1.54, 1.807) is 24.3 Å². The summed E-state index contributed by atoms with van der Waals surface area (Å²) in [6, 6.07) is 14.1. The van der Waals surface area contributed by atoms with Crippen LogP contribution in [-0.2, 0) is 16.4 Å². The summed E-state index contributed by atoms with van der Waals surface area (Å²) in [6.07, 6.45) is 0. The Morgan fingerprint density at radius 2 is 1.77 bits per heavy atom. The van der Waals surface area contributed by atoms with Crippen molar-refractivity contribution in [3.8, 4) is 0 Å². The molecule has 1 aliphatic heterocycles. The molecule has 1 amide bonds. The molecular weight excluding hydrogens is 300 g/mol. The SMILES string of the molecule is NC(=O)c1ccc(CN2CCS(=O)(=O)c3ccccc32)cc1. The van der Waals surface area contributed by atoms with Crippen LogP contribution in [0.4, 0.5) is 5.69 Å². The van der Waals surface area contributed by atoms with Crippen molar-refractivity contribution in [2.75, 3.05) is 17.2 Å². The van der Waals surface area contributed by atoms with E-state index in [0.29, 0.717) is 23.5 Å². The van der Waals surface area contributed by atoms with Gasteiger partial charge in [0, 0.05) is 18.7 Å². The predicted octanol–water partition coefficient (Wildman–Crippen LogP) is 1.58. The van der Waals surface area contributed by atoms with E-state index >= 15 is 0 Å². The number of amides is 1. The Morgan fingerprint density at radius 1 is 1.09 bits per heavy atom. The van der Waals surface area contributed by atoms with Gasteiger partial charge < -0.3 is 10.6 Å². The van der Waals surface area contributed by atoms with Crippen LogP contribution in [0.1, 0.15) is 15.9 Å². The number of nitrogens with zero attached hydrogens (tertiary/aromatic N) is 1. The number of hydrogen-bond donors (Lipinski definition) is 1. The minimum atomic E-state index is -3.19. The number of rotatable bonds is 3. The van der Waals surface area contributed by atoms with E-state index in [-0.39, 0.29) is 5.75 Å². The lowest BCUT2D eigenvalue weighted by Gasteiger charge is -2.31. The summed E-state index contributed by atoms with van der Waals surface area (Å²) < 4.78 is 24.2. The lowest BCUT2D eigenvalue weighted by molar-refractivity contribution is 0.100. The molecule has 5 nitrogen and oxygen atoms in total. The number of benzene rings is 2. The zero-order valence-corrected chi connectivity index (χ0v) is 12.7. The molecule has 3 rings (SSSR count). The Morgan fingerprint density at radius 3 is 2.45 bits per heavy atom. The van der Waals surface area contributed by atoms with E-state index in [1.165, 1.54) is 0 Å². The van der Waals surface area contributed by atoms with Crippen LogP contribution in [-0.4, -0.2) is 26.6 Å². The molecule has 22 heavy (non-hydrogen) atoms. The quantitative estimate of drug-likeness (QED) is 0.932. The maximum absolute atomic E-state index is 12.1. The Balaban J connectivity index is 1.89. The molecule has 1 heterocycles. The van der Waals surface area contributed by atoms with Crippen molar-refractivity contribution in [2.45, 2.75) is 11.4 Å².